The SMILES string of the molecule is COc1cccc(C2/C(=C(\O)c3ccc4c(c3)CC(C)O4)C(=O)C(=O)N2c2nnc(SCc3ccc(F)cc3)s2)c1. The van der Waals surface area contributed by atoms with Crippen LogP contribution >= 0.6 is 23.1 Å². The summed E-state index contributed by atoms with van der Waals surface area (Å²) in [5.74, 6) is -0.444. The summed E-state index contributed by atoms with van der Waals surface area (Å²) in [5.41, 5.74) is 2.75. The minimum absolute atomic E-state index is 0.0114. The van der Waals surface area contributed by atoms with Crippen molar-refractivity contribution in [2.75, 3.05) is 12.0 Å². The van der Waals surface area contributed by atoms with E-state index in [1.165, 1.54) is 35.9 Å². The predicted molar refractivity (Wildman–Crippen MR) is 154 cm³/mol. The van der Waals surface area contributed by atoms with Crippen molar-refractivity contribution in [3.8, 4) is 11.5 Å². The van der Waals surface area contributed by atoms with E-state index in [0.29, 0.717) is 33.4 Å². The number of halogens is 1. The quantitative estimate of drug-likeness (QED) is 0.0931. The van der Waals surface area contributed by atoms with Crippen LogP contribution in [0.4, 0.5) is 9.52 Å². The minimum Gasteiger partial charge on any atom is -0.507 e. The normalized spacial score (nSPS) is 19.3. The van der Waals surface area contributed by atoms with Gasteiger partial charge in [0.1, 0.15) is 29.2 Å². The Hall–Kier alpha value is -4.22. The lowest BCUT2D eigenvalue weighted by Gasteiger charge is -2.23. The van der Waals surface area contributed by atoms with Crippen LogP contribution in [0.2, 0.25) is 0 Å². The highest BCUT2D eigenvalue weighted by Gasteiger charge is 2.48. The second kappa shape index (κ2) is 11.0. The van der Waals surface area contributed by atoms with E-state index in [1.807, 2.05) is 6.92 Å². The topological polar surface area (TPSA) is 102 Å². The average molecular weight is 590 g/mol. The summed E-state index contributed by atoms with van der Waals surface area (Å²) in [4.78, 5) is 28.3. The summed E-state index contributed by atoms with van der Waals surface area (Å²) < 4.78 is 25.0. The van der Waals surface area contributed by atoms with E-state index >= 15 is 0 Å². The molecule has 0 saturated carbocycles. The lowest BCUT2D eigenvalue weighted by Crippen LogP contribution is -2.29. The number of hydrogen-bond donors (Lipinski definition) is 1. The Morgan fingerprint density at radius 3 is 2.73 bits per heavy atom. The van der Waals surface area contributed by atoms with Crippen LogP contribution in [0, 0.1) is 5.82 Å². The van der Waals surface area contributed by atoms with Crippen molar-refractivity contribution >= 4 is 45.7 Å². The fourth-order valence-corrected chi connectivity index (χ4v) is 6.79. The van der Waals surface area contributed by atoms with Crippen LogP contribution < -0.4 is 14.4 Å². The zero-order valence-corrected chi connectivity index (χ0v) is 23.7. The fraction of sp³-hybridized carbons (Fsp3) is 0.200. The summed E-state index contributed by atoms with van der Waals surface area (Å²) in [6.45, 7) is 1.96. The number of carbonyl (C=O) groups is 2. The zero-order valence-electron chi connectivity index (χ0n) is 22.0. The number of ether oxygens (including phenoxy) is 2. The molecule has 3 aromatic carbocycles. The number of methoxy groups -OCH3 is 1. The number of anilines is 1. The molecule has 0 bridgehead atoms. The van der Waals surface area contributed by atoms with Crippen molar-refractivity contribution in [1.82, 2.24) is 10.2 Å². The molecule has 1 saturated heterocycles. The van der Waals surface area contributed by atoms with E-state index in [4.69, 9.17) is 9.47 Å². The monoisotopic (exact) mass is 589 g/mol. The molecule has 0 radical (unpaired) electrons. The number of amides is 1. The molecule has 41 heavy (non-hydrogen) atoms. The van der Waals surface area contributed by atoms with Gasteiger partial charge in [0, 0.05) is 17.7 Å². The van der Waals surface area contributed by atoms with Crippen LogP contribution in [0.3, 0.4) is 0 Å². The molecule has 2 atom stereocenters. The lowest BCUT2D eigenvalue weighted by molar-refractivity contribution is -0.132. The number of fused-ring (bicyclic) bond motifs is 1. The van der Waals surface area contributed by atoms with Gasteiger partial charge < -0.3 is 14.6 Å². The third kappa shape index (κ3) is 5.18. The molecule has 1 amide bonds. The van der Waals surface area contributed by atoms with Gasteiger partial charge in [-0.1, -0.05) is 47.4 Å². The van der Waals surface area contributed by atoms with Crippen molar-refractivity contribution in [1.29, 1.82) is 0 Å². The summed E-state index contributed by atoms with van der Waals surface area (Å²) in [6.07, 6.45) is 0.685. The van der Waals surface area contributed by atoms with Crippen molar-refractivity contribution < 1.29 is 28.6 Å². The number of benzene rings is 3. The van der Waals surface area contributed by atoms with E-state index < -0.39 is 17.7 Å². The highest BCUT2D eigenvalue weighted by molar-refractivity contribution is 8.00. The number of rotatable bonds is 7. The first kappa shape index (κ1) is 27.0. The van der Waals surface area contributed by atoms with Crippen LogP contribution in [0.15, 0.2) is 76.6 Å². The van der Waals surface area contributed by atoms with Crippen molar-refractivity contribution in [2.45, 2.75) is 35.6 Å². The van der Waals surface area contributed by atoms with Crippen molar-refractivity contribution in [2.24, 2.45) is 0 Å². The van der Waals surface area contributed by atoms with E-state index in [9.17, 15) is 19.1 Å². The van der Waals surface area contributed by atoms with E-state index in [1.54, 1.807) is 54.6 Å². The van der Waals surface area contributed by atoms with E-state index in [-0.39, 0.29) is 28.4 Å². The van der Waals surface area contributed by atoms with Gasteiger partial charge in [-0.05, 0) is 66.1 Å². The van der Waals surface area contributed by atoms with Crippen molar-refractivity contribution in [3.05, 3.63) is 100 Å². The Balaban J connectivity index is 1.39. The molecule has 1 N–H and O–H groups in total. The Morgan fingerprint density at radius 1 is 1.15 bits per heavy atom. The van der Waals surface area contributed by atoms with Gasteiger partial charge in [-0.2, -0.15) is 0 Å². The van der Waals surface area contributed by atoms with Gasteiger partial charge in [0.05, 0.1) is 18.7 Å². The largest absolute Gasteiger partial charge is 0.507 e. The molecule has 208 valence electrons. The number of aliphatic hydroxyl groups excluding tert-OH is 1. The third-order valence-corrected chi connectivity index (χ3v) is 9.03. The maximum atomic E-state index is 13.5. The number of ketones is 1. The zero-order chi connectivity index (χ0) is 28.7. The fourth-order valence-electron chi connectivity index (χ4n) is 4.97. The molecule has 2 unspecified atom stereocenters. The van der Waals surface area contributed by atoms with Crippen LogP contribution in [0.25, 0.3) is 5.76 Å². The maximum Gasteiger partial charge on any atom is 0.301 e. The molecule has 1 aromatic heterocycles. The number of Topliss-reactive ketones (excluding diaryl/α,β-unsaturated/α-hetero) is 1. The molecule has 4 aromatic rings. The van der Waals surface area contributed by atoms with Crippen LogP contribution in [0.1, 0.15) is 35.2 Å². The Bertz CT molecular complexity index is 1690. The first-order valence-electron chi connectivity index (χ1n) is 12.8. The number of aliphatic hydroxyl groups is 1. The molecule has 0 spiro atoms. The Morgan fingerprint density at radius 2 is 1.95 bits per heavy atom. The van der Waals surface area contributed by atoms with Crippen LogP contribution in [-0.2, 0) is 21.8 Å². The molecule has 2 aliphatic heterocycles. The van der Waals surface area contributed by atoms with Gasteiger partial charge in [-0.3, -0.25) is 14.5 Å². The second-order valence-corrected chi connectivity index (χ2v) is 11.8. The predicted octanol–water partition coefficient (Wildman–Crippen LogP) is 5.93. The second-order valence-electron chi connectivity index (χ2n) is 9.67. The lowest BCUT2D eigenvalue weighted by atomic mass is 9.94. The molecule has 3 heterocycles. The number of hydrogen-bond acceptors (Lipinski definition) is 9. The molecule has 6 rings (SSSR count). The number of thioether (sulfide) groups is 1. The average Bonchev–Trinajstić information content (AvgIpc) is 3.67. The molecular weight excluding hydrogens is 565 g/mol. The molecule has 0 aliphatic carbocycles. The van der Waals surface area contributed by atoms with Crippen LogP contribution in [0.5, 0.6) is 11.5 Å². The van der Waals surface area contributed by atoms with Gasteiger partial charge in [0.25, 0.3) is 5.78 Å². The minimum atomic E-state index is -0.962. The number of carbonyl (C=O) groups excluding carboxylic acids is 2. The standard InChI is InChI=1S/C30H24FN3O5S2/c1-16-12-20-13-19(8-11-23(20)39-16)26(35)24-25(18-4-3-5-22(14-18)38-2)34(28(37)27(24)36)29-32-33-30(41-29)40-15-17-6-9-21(31)10-7-17/h3-11,13-14,16,25,35H,12,15H2,1-2H3/b26-24+. The molecule has 11 heteroatoms. The number of aromatic nitrogens is 2. The van der Waals surface area contributed by atoms with Gasteiger partial charge in [0.15, 0.2) is 4.34 Å². The molecule has 8 nitrogen and oxygen atoms in total. The third-order valence-electron chi connectivity index (χ3n) is 6.90. The highest BCUT2D eigenvalue weighted by Crippen LogP contribution is 2.45. The maximum absolute atomic E-state index is 13.5. The van der Waals surface area contributed by atoms with E-state index in [0.717, 1.165) is 28.2 Å². The number of nitrogens with zero attached hydrogens (tertiary/aromatic N) is 3. The molecule has 1 fully saturated rings. The van der Waals surface area contributed by atoms with Gasteiger partial charge in [-0.15, -0.1) is 10.2 Å². The van der Waals surface area contributed by atoms with E-state index in [2.05, 4.69) is 10.2 Å². The van der Waals surface area contributed by atoms with Crippen LogP contribution in [-0.4, -0.2) is 40.2 Å². The smallest absolute Gasteiger partial charge is 0.301 e. The summed E-state index contributed by atoms with van der Waals surface area (Å²) in [5, 5.41) is 20.2. The van der Waals surface area contributed by atoms with Gasteiger partial charge in [0.2, 0.25) is 5.13 Å². The Kier molecular flexibility index (Phi) is 7.22. The van der Waals surface area contributed by atoms with Crippen molar-refractivity contribution in [3.63, 3.8) is 0 Å². The summed E-state index contributed by atoms with van der Waals surface area (Å²) in [6, 6.07) is 17.4. The first-order valence-corrected chi connectivity index (χ1v) is 14.6. The van der Waals surface area contributed by atoms with Gasteiger partial charge >= 0.3 is 5.91 Å². The Labute approximate surface area is 243 Å². The highest BCUT2D eigenvalue weighted by atomic mass is 32.2. The van der Waals surface area contributed by atoms with Gasteiger partial charge in [-0.25, -0.2) is 4.39 Å². The first-order chi connectivity index (χ1) is 19.8. The molecule has 2 aliphatic rings. The molecular formula is C30H24FN3O5S2. The summed E-state index contributed by atoms with van der Waals surface area (Å²) in [7, 11) is 1.53. The summed E-state index contributed by atoms with van der Waals surface area (Å²) >= 11 is 2.55.